The third-order valence-electron chi connectivity index (χ3n) is 9.39. The van der Waals surface area contributed by atoms with Crippen LogP contribution in [0.15, 0.2) is 122 Å². The molecule has 0 aromatic heterocycles. The molecule has 3 N–H and O–H groups in total. The van der Waals surface area contributed by atoms with E-state index in [-0.39, 0.29) is 31.3 Å². The van der Waals surface area contributed by atoms with E-state index in [9.17, 15) is 19.8 Å². The topological polar surface area (TPSA) is 95.9 Å². The van der Waals surface area contributed by atoms with E-state index in [1.54, 1.807) is 0 Å². The average molecular weight is 802 g/mol. The van der Waals surface area contributed by atoms with Crippen LogP contribution in [-0.2, 0) is 14.3 Å². The van der Waals surface area contributed by atoms with Gasteiger partial charge in [-0.3, -0.25) is 9.59 Å². The molecule has 0 aliphatic rings. The zero-order chi connectivity index (χ0) is 42.4. The summed E-state index contributed by atoms with van der Waals surface area (Å²) in [6.45, 7) is 6.13. The van der Waals surface area contributed by atoms with Crippen LogP contribution in [0, 0.1) is 0 Å². The van der Waals surface area contributed by atoms with Crippen molar-refractivity contribution >= 4 is 11.9 Å². The van der Waals surface area contributed by atoms with Crippen molar-refractivity contribution in [2.24, 2.45) is 0 Å². The van der Waals surface area contributed by atoms with Crippen LogP contribution < -0.4 is 5.32 Å². The Kier molecular flexibility index (Phi) is 41.5. The summed E-state index contributed by atoms with van der Waals surface area (Å²) in [5.41, 5.74) is 0. The molecular weight excluding hydrogens is 719 g/mol. The number of rotatable bonds is 38. The molecule has 1 amide bonds. The summed E-state index contributed by atoms with van der Waals surface area (Å²) in [5.74, 6) is -0.661. The molecular formula is C52H83NO5. The van der Waals surface area contributed by atoms with Gasteiger partial charge >= 0.3 is 5.97 Å². The molecule has 326 valence electrons. The van der Waals surface area contributed by atoms with Crippen molar-refractivity contribution in [3.05, 3.63) is 122 Å². The number of ether oxygens (including phenoxy) is 1. The van der Waals surface area contributed by atoms with Crippen LogP contribution in [0.5, 0.6) is 0 Å². The minimum Gasteiger partial charge on any atom is -0.462 e. The Morgan fingerprint density at radius 1 is 0.534 bits per heavy atom. The second kappa shape index (κ2) is 44.4. The predicted molar refractivity (Wildman–Crippen MR) is 250 cm³/mol. The Bertz CT molecular complexity index is 1260. The number of carbonyl (C=O) groups excluding carboxylic acids is 2. The lowest BCUT2D eigenvalue weighted by atomic mass is 10.0. The first-order chi connectivity index (χ1) is 28.5. The first-order valence-corrected chi connectivity index (χ1v) is 22.8. The van der Waals surface area contributed by atoms with Crippen molar-refractivity contribution in [3.63, 3.8) is 0 Å². The highest BCUT2D eigenvalue weighted by Gasteiger charge is 2.23. The first-order valence-electron chi connectivity index (χ1n) is 22.8. The van der Waals surface area contributed by atoms with E-state index in [4.69, 9.17) is 4.74 Å². The van der Waals surface area contributed by atoms with E-state index in [1.807, 2.05) is 42.5 Å². The lowest BCUT2D eigenvalue weighted by molar-refractivity contribution is -0.150. The van der Waals surface area contributed by atoms with Gasteiger partial charge in [0.1, 0.15) is 6.10 Å². The number of aliphatic hydroxyl groups is 2. The molecule has 0 saturated carbocycles. The second-order valence-corrected chi connectivity index (χ2v) is 14.8. The van der Waals surface area contributed by atoms with Crippen LogP contribution in [-0.4, -0.2) is 46.9 Å². The van der Waals surface area contributed by atoms with Gasteiger partial charge in [-0.15, -0.1) is 0 Å². The Balaban J connectivity index is 4.79. The van der Waals surface area contributed by atoms with E-state index in [1.165, 1.54) is 38.5 Å². The number of hydrogen-bond donors (Lipinski definition) is 3. The van der Waals surface area contributed by atoms with Gasteiger partial charge in [-0.2, -0.15) is 0 Å². The fourth-order valence-corrected chi connectivity index (χ4v) is 6.00. The van der Waals surface area contributed by atoms with Gasteiger partial charge in [-0.05, 0) is 77.0 Å². The van der Waals surface area contributed by atoms with Gasteiger partial charge in [0.2, 0.25) is 5.91 Å². The van der Waals surface area contributed by atoms with Crippen molar-refractivity contribution in [1.82, 2.24) is 5.32 Å². The number of hydrogen-bond acceptors (Lipinski definition) is 5. The van der Waals surface area contributed by atoms with Gasteiger partial charge in [0.05, 0.1) is 25.2 Å². The van der Waals surface area contributed by atoms with Gasteiger partial charge in [-0.25, -0.2) is 0 Å². The largest absolute Gasteiger partial charge is 0.462 e. The molecule has 58 heavy (non-hydrogen) atoms. The number of amides is 1. The molecule has 0 aliphatic heterocycles. The van der Waals surface area contributed by atoms with Crippen LogP contribution in [0.2, 0.25) is 0 Å². The number of carbonyl (C=O) groups is 2. The molecule has 0 fully saturated rings. The summed E-state index contributed by atoms with van der Waals surface area (Å²) in [4.78, 5) is 25.9. The van der Waals surface area contributed by atoms with Crippen LogP contribution in [0.3, 0.4) is 0 Å². The summed E-state index contributed by atoms with van der Waals surface area (Å²) >= 11 is 0. The normalized spacial score (nSPS) is 14.5. The SMILES string of the molecule is CC/C=C\C/C=C\C/C=C\C/C=C\C/C=C\C/C=C\CCC(=O)OC(CCC\C=C/C=C\C=C\C=C\CC)CC(=O)NC(CO)C(O)CCCCCCCCCCC. The second-order valence-electron chi connectivity index (χ2n) is 14.8. The van der Waals surface area contributed by atoms with E-state index in [2.05, 4.69) is 105 Å². The van der Waals surface area contributed by atoms with E-state index in [0.717, 1.165) is 77.0 Å². The molecule has 0 aromatic rings. The molecule has 0 heterocycles. The number of aliphatic hydroxyl groups excluding tert-OH is 2. The minimum absolute atomic E-state index is 0.00735. The summed E-state index contributed by atoms with van der Waals surface area (Å²) < 4.78 is 5.81. The Labute approximate surface area is 355 Å². The molecule has 6 heteroatoms. The summed E-state index contributed by atoms with van der Waals surface area (Å²) in [7, 11) is 0. The van der Waals surface area contributed by atoms with E-state index < -0.39 is 18.2 Å². The zero-order valence-electron chi connectivity index (χ0n) is 36.9. The van der Waals surface area contributed by atoms with Gasteiger partial charge in [0.15, 0.2) is 0 Å². The third kappa shape index (κ3) is 39.1. The molecule has 0 rings (SSSR count). The molecule has 0 radical (unpaired) electrons. The van der Waals surface area contributed by atoms with E-state index in [0.29, 0.717) is 19.3 Å². The van der Waals surface area contributed by atoms with Crippen molar-refractivity contribution in [2.45, 2.75) is 187 Å². The lowest BCUT2D eigenvalue weighted by Crippen LogP contribution is -2.46. The highest BCUT2D eigenvalue weighted by atomic mass is 16.5. The highest BCUT2D eigenvalue weighted by Crippen LogP contribution is 2.15. The maximum absolute atomic E-state index is 13.1. The van der Waals surface area contributed by atoms with Gasteiger partial charge in [0, 0.05) is 6.42 Å². The lowest BCUT2D eigenvalue weighted by Gasteiger charge is -2.24. The van der Waals surface area contributed by atoms with E-state index >= 15 is 0 Å². The van der Waals surface area contributed by atoms with Crippen molar-refractivity contribution in [2.75, 3.05) is 6.61 Å². The summed E-state index contributed by atoms with van der Waals surface area (Å²) in [6, 6.07) is -0.743. The average Bonchev–Trinajstić information content (AvgIpc) is 3.22. The number of allylic oxidation sites excluding steroid dienone is 20. The Hall–Kier alpha value is -3.74. The standard InChI is InChI=1S/C52H83NO5/c1-4-7-10-13-16-19-21-22-23-24-25-26-27-28-30-33-36-39-42-45-52(57)58-48(43-40-37-34-32-29-20-17-14-11-8-5-2)46-51(56)53-49(47-54)50(55)44-41-38-35-31-18-15-12-9-6-3/h7-8,10-11,14,16-17,19-20,22-23,25-26,28-30,32,34,36,39,48-50,54-55H,4-6,9,12-13,15,18,21,24,27,31,33,35,37-38,40-47H2,1-3H3,(H,53,56)/b10-7-,11-8+,17-14+,19-16-,23-22-,26-25-,29-20-,30-28-,34-32-,39-36-. The monoisotopic (exact) mass is 802 g/mol. The molecule has 3 atom stereocenters. The maximum Gasteiger partial charge on any atom is 0.306 e. The Morgan fingerprint density at radius 2 is 1.02 bits per heavy atom. The van der Waals surface area contributed by atoms with Crippen molar-refractivity contribution in [3.8, 4) is 0 Å². The number of unbranched alkanes of at least 4 members (excludes halogenated alkanes) is 9. The molecule has 0 saturated heterocycles. The van der Waals surface area contributed by atoms with Gasteiger partial charge < -0.3 is 20.3 Å². The van der Waals surface area contributed by atoms with Crippen LogP contribution >= 0.6 is 0 Å². The molecule has 6 nitrogen and oxygen atoms in total. The summed E-state index contributed by atoms with van der Waals surface area (Å²) in [6.07, 6.45) is 61.4. The van der Waals surface area contributed by atoms with Crippen LogP contribution in [0.25, 0.3) is 0 Å². The van der Waals surface area contributed by atoms with Gasteiger partial charge in [-0.1, -0.05) is 200 Å². The van der Waals surface area contributed by atoms with Crippen molar-refractivity contribution in [1.29, 1.82) is 0 Å². The first kappa shape index (κ1) is 54.3. The number of nitrogens with one attached hydrogen (secondary N) is 1. The minimum atomic E-state index is -0.823. The fourth-order valence-electron chi connectivity index (χ4n) is 6.00. The van der Waals surface area contributed by atoms with Crippen LogP contribution in [0.1, 0.15) is 168 Å². The quantitative estimate of drug-likeness (QED) is 0.0250. The molecule has 0 aromatic carbocycles. The molecule has 3 unspecified atom stereocenters. The third-order valence-corrected chi connectivity index (χ3v) is 9.39. The summed E-state index contributed by atoms with van der Waals surface area (Å²) in [5, 5.41) is 23.5. The maximum atomic E-state index is 13.1. The Morgan fingerprint density at radius 3 is 1.55 bits per heavy atom. The number of esters is 1. The van der Waals surface area contributed by atoms with Crippen LogP contribution in [0.4, 0.5) is 0 Å². The molecule has 0 aliphatic carbocycles. The fraction of sp³-hybridized carbons (Fsp3) is 0.577. The van der Waals surface area contributed by atoms with Crippen molar-refractivity contribution < 1.29 is 24.5 Å². The smallest absolute Gasteiger partial charge is 0.306 e. The van der Waals surface area contributed by atoms with Gasteiger partial charge in [0.25, 0.3) is 0 Å². The molecule has 0 spiro atoms. The predicted octanol–water partition coefficient (Wildman–Crippen LogP) is 13.3. The highest BCUT2D eigenvalue weighted by molar-refractivity contribution is 5.77. The molecule has 0 bridgehead atoms. The zero-order valence-corrected chi connectivity index (χ0v) is 36.9.